The van der Waals surface area contributed by atoms with Crippen molar-refractivity contribution in [2.45, 2.75) is 25.8 Å². The lowest BCUT2D eigenvalue weighted by Gasteiger charge is -2.12. The zero-order valence-electron chi connectivity index (χ0n) is 8.03. The molecule has 0 aliphatic heterocycles. The smallest absolute Gasteiger partial charge is 0.0301 e. The number of allylic oxidation sites excluding steroid dienone is 1. The molecule has 0 fully saturated rings. The summed E-state index contributed by atoms with van der Waals surface area (Å²) in [5, 5.41) is 0. The lowest BCUT2D eigenvalue weighted by Crippen LogP contribution is -2.11. The summed E-state index contributed by atoms with van der Waals surface area (Å²) in [7, 11) is 0. The number of nitrogens with two attached hydrogens (primary N) is 1. The largest absolute Gasteiger partial charge is 0.324 e. The van der Waals surface area contributed by atoms with Crippen LogP contribution in [0.5, 0.6) is 0 Å². The molecule has 70 valence electrons. The fraction of sp³-hybridized carbons (Fsp3) is 0.364. The Bertz CT molecular complexity index is 281. The molecular formula is C11H16N2. The van der Waals surface area contributed by atoms with Crippen molar-refractivity contribution in [3.63, 3.8) is 0 Å². The van der Waals surface area contributed by atoms with Crippen LogP contribution >= 0.6 is 0 Å². The maximum atomic E-state index is 6.01. The molecule has 1 aromatic rings. The number of aryl methyl sites for hydroxylation is 1. The number of rotatable bonds is 4. The van der Waals surface area contributed by atoms with E-state index in [-0.39, 0.29) is 6.04 Å². The van der Waals surface area contributed by atoms with Crippen LogP contribution in [0.2, 0.25) is 0 Å². The lowest BCUT2D eigenvalue weighted by atomic mass is 10.0. The second-order valence-electron chi connectivity index (χ2n) is 3.20. The molecule has 0 bridgehead atoms. The van der Waals surface area contributed by atoms with Gasteiger partial charge in [0.15, 0.2) is 0 Å². The molecule has 2 nitrogen and oxygen atoms in total. The van der Waals surface area contributed by atoms with E-state index in [1.54, 1.807) is 6.20 Å². The Balaban J connectivity index is 2.70. The van der Waals surface area contributed by atoms with Crippen LogP contribution in [0.15, 0.2) is 31.1 Å². The molecule has 1 rings (SSSR count). The molecule has 1 aromatic heterocycles. The minimum absolute atomic E-state index is 0.112. The highest BCUT2D eigenvalue weighted by atomic mass is 14.7. The van der Waals surface area contributed by atoms with Gasteiger partial charge in [-0.15, -0.1) is 6.58 Å². The average Bonchev–Trinajstić information content (AvgIpc) is 2.15. The Morgan fingerprint density at radius 2 is 2.46 bits per heavy atom. The van der Waals surface area contributed by atoms with Crippen molar-refractivity contribution in [2.24, 2.45) is 5.73 Å². The molecule has 13 heavy (non-hydrogen) atoms. The zero-order valence-corrected chi connectivity index (χ0v) is 8.03. The van der Waals surface area contributed by atoms with Gasteiger partial charge in [-0.25, -0.2) is 0 Å². The first kappa shape index (κ1) is 9.93. The summed E-state index contributed by atoms with van der Waals surface area (Å²) in [4.78, 5) is 4.03. The Morgan fingerprint density at radius 3 is 3.08 bits per heavy atom. The first-order chi connectivity index (χ1) is 6.25. The van der Waals surface area contributed by atoms with Gasteiger partial charge >= 0.3 is 0 Å². The van der Waals surface area contributed by atoms with E-state index in [1.165, 1.54) is 11.1 Å². The van der Waals surface area contributed by atoms with E-state index >= 15 is 0 Å². The molecule has 1 atom stereocenters. The molecule has 0 saturated carbocycles. The molecule has 1 unspecified atom stereocenters. The van der Waals surface area contributed by atoms with E-state index in [9.17, 15) is 0 Å². The van der Waals surface area contributed by atoms with Crippen LogP contribution in [0, 0.1) is 6.92 Å². The number of hydrogen-bond acceptors (Lipinski definition) is 2. The van der Waals surface area contributed by atoms with Crippen LogP contribution in [0.1, 0.15) is 30.0 Å². The molecular weight excluding hydrogens is 160 g/mol. The quantitative estimate of drug-likeness (QED) is 0.715. The van der Waals surface area contributed by atoms with E-state index in [0.29, 0.717) is 0 Å². The van der Waals surface area contributed by atoms with Gasteiger partial charge < -0.3 is 5.73 Å². The lowest BCUT2D eigenvalue weighted by molar-refractivity contribution is 0.656. The summed E-state index contributed by atoms with van der Waals surface area (Å²) >= 11 is 0. The average molecular weight is 176 g/mol. The summed E-state index contributed by atoms with van der Waals surface area (Å²) in [6.45, 7) is 5.72. The SMILES string of the molecule is C=CCCC(N)c1ccncc1C. The van der Waals surface area contributed by atoms with Crippen LogP contribution in [0.3, 0.4) is 0 Å². The summed E-state index contributed by atoms with van der Waals surface area (Å²) in [6.07, 6.45) is 7.45. The third-order valence-electron chi connectivity index (χ3n) is 2.14. The minimum atomic E-state index is 0.112. The van der Waals surface area contributed by atoms with E-state index in [1.807, 2.05) is 25.3 Å². The molecule has 0 aliphatic rings. The van der Waals surface area contributed by atoms with Gasteiger partial charge in [0.05, 0.1) is 0 Å². The molecule has 2 N–H and O–H groups in total. The second-order valence-corrected chi connectivity index (χ2v) is 3.20. The molecule has 0 amide bonds. The third-order valence-corrected chi connectivity index (χ3v) is 2.14. The van der Waals surface area contributed by atoms with E-state index in [4.69, 9.17) is 5.73 Å². The molecule has 0 saturated heterocycles. The Labute approximate surface area is 79.5 Å². The summed E-state index contributed by atoms with van der Waals surface area (Å²) in [6, 6.07) is 2.10. The predicted molar refractivity (Wildman–Crippen MR) is 55.3 cm³/mol. The second kappa shape index (κ2) is 4.77. The van der Waals surface area contributed by atoms with Gasteiger partial charge in [-0.3, -0.25) is 4.98 Å². The standard InChI is InChI=1S/C11H16N2/c1-3-4-5-11(12)10-6-7-13-8-9(10)2/h3,6-8,11H,1,4-5,12H2,2H3. The highest BCUT2D eigenvalue weighted by Crippen LogP contribution is 2.18. The van der Waals surface area contributed by atoms with Crippen LogP contribution < -0.4 is 5.73 Å². The van der Waals surface area contributed by atoms with Gasteiger partial charge in [-0.05, 0) is 37.0 Å². The first-order valence-electron chi connectivity index (χ1n) is 4.52. The van der Waals surface area contributed by atoms with Crippen LogP contribution in [-0.2, 0) is 0 Å². The Kier molecular flexibility index (Phi) is 3.65. The highest BCUT2D eigenvalue weighted by Gasteiger charge is 2.06. The van der Waals surface area contributed by atoms with E-state index in [0.717, 1.165) is 12.8 Å². The first-order valence-corrected chi connectivity index (χ1v) is 4.52. The number of hydrogen-bond donors (Lipinski definition) is 1. The molecule has 1 heterocycles. The number of nitrogens with zero attached hydrogens (tertiary/aromatic N) is 1. The third kappa shape index (κ3) is 2.67. The summed E-state index contributed by atoms with van der Waals surface area (Å²) in [5.74, 6) is 0. The maximum absolute atomic E-state index is 6.01. The van der Waals surface area contributed by atoms with Gasteiger partial charge in [-0.1, -0.05) is 6.08 Å². The van der Waals surface area contributed by atoms with Crippen LogP contribution in [0.4, 0.5) is 0 Å². The zero-order chi connectivity index (χ0) is 9.68. The van der Waals surface area contributed by atoms with Crippen molar-refractivity contribution in [2.75, 3.05) is 0 Å². The normalized spacial score (nSPS) is 12.5. The highest BCUT2D eigenvalue weighted by molar-refractivity contribution is 5.24. The number of aromatic nitrogens is 1. The van der Waals surface area contributed by atoms with Gasteiger partial charge in [0.2, 0.25) is 0 Å². The maximum Gasteiger partial charge on any atom is 0.0301 e. The fourth-order valence-electron chi connectivity index (χ4n) is 1.35. The Hall–Kier alpha value is -1.15. The van der Waals surface area contributed by atoms with Crippen molar-refractivity contribution >= 4 is 0 Å². The Morgan fingerprint density at radius 1 is 1.69 bits per heavy atom. The van der Waals surface area contributed by atoms with Crippen LogP contribution in [-0.4, -0.2) is 4.98 Å². The van der Waals surface area contributed by atoms with E-state index in [2.05, 4.69) is 11.6 Å². The van der Waals surface area contributed by atoms with Gasteiger partial charge in [0.25, 0.3) is 0 Å². The predicted octanol–water partition coefficient (Wildman–Crippen LogP) is 2.36. The monoisotopic (exact) mass is 176 g/mol. The van der Waals surface area contributed by atoms with Crippen molar-refractivity contribution < 1.29 is 0 Å². The van der Waals surface area contributed by atoms with Crippen LogP contribution in [0.25, 0.3) is 0 Å². The fourth-order valence-corrected chi connectivity index (χ4v) is 1.35. The molecule has 0 spiro atoms. The topological polar surface area (TPSA) is 38.9 Å². The van der Waals surface area contributed by atoms with Crippen molar-refractivity contribution in [1.29, 1.82) is 0 Å². The van der Waals surface area contributed by atoms with Crippen molar-refractivity contribution in [1.82, 2.24) is 4.98 Å². The van der Waals surface area contributed by atoms with Gasteiger partial charge in [0, 0.05) is 18.4 Å². The van der Waals surface area contributed by atoms with E-state index < -0.39 is 0 Å². The molecule has 2 heteroatoms. The van der Waals surface area contributed by atoms with Gasteiger partial charge in [-0.2, -0.15) is 0 Å². The summed E-state index contributed by atoms with van der Waals surface area (Å²) in [5.41, 5.74) is 8.36. The number of pyridine rings is 1. The molecule has 0 radical (unpaired) electrons. The van der Waals surface area contributed by atoms with Crippen molar-refractivity contribution in [3.8, 4) is 0 Å². The van der Waals surface area contributed by atoms with Crippen molar-refractivity contribution in [3.05, 3.63) is 42.2 Å². The minimum Gasteiger partial charge on any atom is -0.324 e. The van der Waals surface area contributed by atoms with Gasteiger partial charge in [0.1, 0.15) is 0 Å². The molecule has 0 aromatic carbocycles. The summed E-state index contributed by atoms with van der Waals surface area (Å²) < 4.78 is 0. The molecule has 0 aliphatic carbocycles.